The zero-order valence-corrected chi connectivity index (χ0v) is 20.0. The van der Waals surface area contributed by atoms with Gasteiger partial charge in [-0.25, -0.2) is 0 Å². The van der Waals surface area contributed by atoms with Crippen LogP contribution in [0.3, 0.4) is 0 Å². The number of rotatable bonds is 8. The number of hydrazine groups is 1. The molecule has 1 aliphatic carbocycles. The van der Waals surface area contributed by atoms with Gasteiger partial charge in [0.05, 0.1) is 11.3 Å². The highest BCUT2D eigenvalue weighted by atomic mass is 32.2. The van der Waals surface area contributed by atoms with Gasteiger partial charge in [-0.05, 0) is 49.1 Å². The molecule has 0 saturated heterocycles. The van der Waals surface area contributed by atoms with E-state index in [4.69, 9.17) is 0 Å². The predicted molar refractivity (Wildman–Crippen MR) is 132 cm³/mol. The van der Waals surface area contributed by atoms with Gasteiger partial charge in [0, 0.05) is 36.8 Å². The number of thioether (sulfide) groups is 1. The molecule has 3 N–H and O–H groups in total. The first-order valence-electron chi connectivity index (χ1n) is 11.3. The monoisotopic (exact) mass is 468 g/mol. The van der Waals surface area contributed by atoms with E-state index in [-0.39, 0.29) is 11.7 Å². The van der Waals surface area contributed by atoms with Gasteiger partial charge in [-0.2, -0.15) is 0 Å². The van der Waals surface area contributed by atoms with Crippen LogP contribution in [0.25, 0.3) is 0 Å². The van der Waals surface area contributed by atoms with E-state index >= 15 is 0 Å². The number of hydrogen-bond donors (Lipinski definition) is 3. The van der Waals surface area contributed by atoms with Crippen LogP contribution in [0.4, 0.5) is 5.69 Å². The number of nitrogens with one attached hydrogen (secondary N) is 3. The Morgan fingerprint density at radius 2 is 1.67 bits per heavy atom. The van der Waals surface area contributed by atoms with E-state index in [9.17, 15) is 14.4 Å². The number of carbonyl (C=O) groups excluding carboxylic acids is 3. The lowest BCUT2D eigenvalue weighted by Crippen LogP contribution is -2.41. The van der Waals surface area contributed by atoms with E-state index in [1.54, 1.807) is 36.4 Å². The molecule has 0 aromatic heterocycles. The van der Waals surface area contributed by atoms with Crippen LogP contribution in [0.2, 0.25) is 0 Å². The molecule has 2 aromatic carbocycles. The number of nitrogens with zero attached hydrogens (tertiary/aromatic N) is 1. The van der Waals surface area contributed by atoms with Crippen molar-refractivity contribution in [1.82, 2.24) is 16.2 Å². The molecule has 0 spiro atoms. The second-order valence-corrected chi connectivity index (χ2v) is 9.46. The van der Waals surface area contributed by atoms with Gasteiger partial charge in [-0.3, -0.25) is 25.2 Å². The van der Waals surface area contributed by atoms with Crippen LogP contribution >= 0.6 is 11.8 Å². The number of anilines is 1. The lowest BCUT2D eigenvalue weighted by atomic mass is 9.89. The highest BCUT2D eigenvalue weighted by molar-refractivity contribution is 8.00. The minimum atomic E-state index is -0.433. The molecule has 2 aromatic rings. The van der Waals surface area contributed by atoms with Gasteiger partial charge in [0.1, 0.15) is 0 Å². The quantitative estimate of drug-likeness (QED) is 0.407. The molecule has 0 radical (unpaired) electrons. The van der Waals surface area contributed by atoms with E-state index in [2.05, 4.69) is 16.2 Å². The molecule has 1 aliphatic rings. The second-order valence-electron chi connectivity index (χ2n) is 8.45. The van der Waals surface area contributed by atoms with Crippen molar-refractivity contribution in [2.45, 2.75) is 37.0 Å². The zero-order valence-electron chi connectivity index (χ0n) is 19.2. The molecule has 0 heterocycles. The maximum Gasteiger partial charge on any atom is 0.270 e. The number of hydrogen-bond acceptors (Lipinski definition) is 5. The van der Waals surface area contributed by atoms with E-state index < -0.39 is 11.8 Å². The average molecular weight is 469 g/mol. The first kappa shape index (κ1) is 24.6. The highest BCUT2D eigenvalue weighted by Gasteiger charge is 2.16. The Kier molecular flexibility index (Phi) is 9.18. The van der Waals surface area contributed by atoms with Crippen molar-refractivity contribution in [3.8, 4) is 0 Å². The molecule has 8 heteroatoms. The normalized spacial score (nSPS) is 13.8. The molecule has 0 bridgehead atoms. The van der Waals surface area contributed by atoms with Crippen LogP contribution in [0.1, 0.15) is 52.8 Å². The minimum absolute atomic E-state index is 0.0325. The lowest BCUT2D eigenvalue weighted by Gasteiger charge is -2.21. The summed E-state index contributed by atoms with van der Waals surface area (Å²) in [5.41, 5.74) is 6.68. The van der Waals surface area contributed by atoms with E-state index in [0.29, 0.717) is 21.9 Å². The number of carbonyl (C=O) groups is 3. The molecule has 7 nitrogen and oxygen atoms in total. The molecule has 176 valence electrons. The zero-order chi connectivity index (χ0) is 23.6. The van der Waals surface area contributed by atoms with Crippen molar-refractivity contribution >= 4 is 35.2 Å². The third-order valence-corrected chi connectivity index (χ3v) is 6.79. The maximum atomic E-state index is 12.7. The van der Waals surface area contributed by atoms with Crippen molar-refractivity contribution in [3.63, 3.8) is 0 Å². The second kappa shape index (κ2) is 12.3. The molecule has 33 heavy (non-hydrogen) atoms. The van der Waals surface area contributed by atoms with Gasteiger partial charge >= 0.3 is 0 Å². The van der Waals surface area contributed by atoms with Gasteiger partial charge in [-0.1, -0.05) is 37.5 Å². The van der Waals surface area contributed by atoms with Crippen LogP contribution in [-0.4, -0.2) is 44.1 Å². The van der Waals surface area contributed by atoms with E-state index in [0.717, 1.165) is 12.2 Å². The first-order chi connectivity index (χ1) is 15.9. The Balaban J connectivity index is 1.51. The largest absolute Gasteiger partial charge is 0.378 e. The standard InChI is InChI=1S/C25H32N4O3S/c1-29(2)20-12-8-11-19(15-20)24(31)27-28-25(32)21-13-6-7-14-22(21)33-17-23(30)26-16-18-9-4-3-5-10-18/h6-8,11-15,18H,3-5,9-10,16-17H2,1-2H3,(H,26,30)(H,27,31)(H,28,32). The Labute approximate surface area is 199 Å². The fourth-order valence-electron chi connectivity index (χ4n) is 3.80. The summed E-state index contributed by atoms with van der Waals surface area (Å²) in [6.07, 6.45) is 6.15. The van der Waals surface area contributed by atoms with Crippen LogP contribution in [0.15, 0.2) is 53.4 Å². The molecule has 3 amide bonds. The molecule has 1 saturated carbocycles. The first-order valence-corrected chi connectivity index (χ1v) is 12.3. The van der Waals surface area contributed by atoms with Crippen molar-refractivity contribution in [3.05, 3.63) is 59.7 Å². The minimum Gasteiger partial charge on any atom is -0.378 e. The van der Waals surface area contributed by atoms with Crippen molar-refractivity contribution < 1.29 is 14.4 Å². The number of benzene rings is 2. The Morgan fingerprint density at radius 3 is 2.42 bits per heavy atom. The van der Waals surface area contributed by atoms with Gasteiger partial charge in [0.2, 0.25) is 5.91 Å². The van der Waals surface area contributed by atoms with Crippen LogP contribution < -0.4 is 21.1 Å². The van der Waals surface area contributed by atoms with Gasteiger partial charge in [0.25, 0.3) is 11.8 Å². The molecule has 0 atom stereocenters. The van der Waals surface area contributed by atoms with Gasteiger partial charge in [-0.15, -0.1) is 11.8 Å². The molecule has 0 aliphatic heterocycles. The van der Waals surface area contributed by atoms with Crippen molar-refractivity contribution in [2.75, 3.05) is 31.3 Å². The lowest BCUT2D eigenvalue weighted by molar-refractivity contribution is -0.118. The Morgan fingerprint density at radius 1 is 0.939 bits per heavy atom. The summed E-state index contributed by atoms with van der Waals surface area (Å²) in [7, 11) is 3.79. The highest BCUT2D eigenvalue weighted by Crippen LogP contribution is 2.24. The average Bonchev–Trinajstić information content (AvgIpc) is 2.85. The predicted octanol–water partition coefficient (Wildman–Crippen LogP) is 3.62. The molecule has 3 rings (SSSR count). The van der Waals surface area contributed by atoms with Crippen molar-refractivity contribution in [2.24, 2.45) is 5.92 Å². The van der Waals surface area contributed by atoms with E-state index in [1.165, 1.54) is 43.9 Å². The fraction of sp³-hybridized carbons (Fsp3) is 0.400. The van der Waals surface area contributed by atoms with Crippen LogP contribution in [0.5, 0.6) is 0 Å². The van der Waals surface area contributed by atoms with Gasteiger partial charge in [0.15, 0.2) is 0 Å². The van der Waals surface area contributed by atoms with Crippen LogP contribution in [-0.2, 0) is 4.79 Å². The summed E-state index contributed by atoms with van der Waals surface area (Å²) in [5, 5.41) is 3.02. The summed E-state index contributed by atoms with van der Waals surface area (Å²) < 4.78 is 0. The Hall–Kier alpha value is -3.00. The smallest absolute Gasteiger partial charge is 0.270 e. The molecule has 1 fully saturated rings. The summed E-state index contributed by atoms with van der Waals surface area (Å²) in [5.74, 6) is -0.0551. The third kappa shape index (κ3) is 7.53. The summed E-state index contributed by atoms with van der Waals surface area (Å²) in [6.45, 7) is 0.725. The van der Waals surface area contributed by atoms with Crippen molar-refractivity contribution in [1.29, 1.82) is 0 Å². The third-order valence-electron chi connectivity index (χ3n) is 5.72. The summed E-state index contributed by atoms with van der Waals surface area (Å²) >= 11 is 1.31. The summed E-state index contributed by atoms with van der Waals surface area (Å²) in [4.78, 5) is 40.0. The van der Waals surface area contributed by atoms with Gasteiger partial charge < -0.3 is 10.2 Å². The topological polar surface area (TPSA) is 90.5 Å². The van der Waals surface area contributed by atoms with E-state index in [1.807, 2.05) is 31.1 Å². The molecule has 0 unspecified atom stereocenters. The SMILES string of the molecule is CN(C)c1cccc(C(=O)NNC(=O)c2ccccc2SCC(=O)NCC2CCCCC2)c1. The maximum absolute atomic E-state index is 12.7. The summed E-state index contributed by atoms with van der Waals surface area (Å²) in [6, 6.07) is 14.2. The fourth-order valence-corrected chi connectivity index (χ4v) is 4.68. The van der Waals surface area contributed by atoms with Crippen LogP contribution in [0, 0.1) is 5.92 Å². The Bertz CT molecular complexity index is 974. The molecular formula is C25H32N4O3S. The molecular weight excluding hydrogens is 436 g/mol. The number of amides is 3.